The molecule has 0 unspecified atom stereocenters. The molecule has 22 heavy (non-hydrogen) atoms. The lowest BCUT2D eigenvalue weighted by Crippen LogP contribution is -2.32. The molecule has 0 heterocycles. The second kappa shape index (κ2) is 6.44. The molecule has 6 heteroatoms. The van der Waals surface area contributed by atoms with Crippen molar-refractivity contribution in [2.24, 2.45) is 0 Å². The number of sulfonamides is 1. The molecule has 0 aliphatic rings. The van der Waals surface area contributed by atoms with Crippen LogP contribution in [-0.2, 0) is 10.0 Å². The Morgan fingerprint density at radius 3 is 2.27 bits per heavy atom. The van der Waals surface area contributed by atoms with Crippen molar-refractivity contribution in [1.29, 1.82) is 0 Å². The van der Waals surface area contributed by atoms with Crippen LogP contribution in [0.4, 0.5) is 5.69 Å². The third-order valence-electron chi connectivity index (χ3n) is 3.03. The summed E-state index contributed by atoms with van der Waals surface area (Å²) < 4.78 is 26.6. The third-order valence-corrected chi connectivity index (χ3v) is 4.82. The average molecular weight is 317 g/mol. The summed E-state index contributed by atoms with van der Waals surface area (Å²) in [6.45, 7) is 3.53. The van der Waals surface area contributed by atoms with E-state index in [1.54, 1.807) is 30.3 Å². The number of rotatable bonds is 6. The van der Waals surface area contributed by atoms with Crippen LogP contribution in [0.3, 0.4) is 0 Å². The first-order valence-corrected chi connectivity index (χ1v) is 7.93. The van der Waals surface area contributed by atoms with Gasteiger partial charge >= 0.3 is 5.97 Å². The van der Waals surface area contributed by atoms with Crippen molar-refractivity contribution in [2.75, 3.05) is 10.8 Å². The molecule has 2 aromatic rings. The molecule has 0 atom stereocenters. The summed E-state index contributed by atoms with van der Waals surface area (Å²) in [6.07, 6.45) is 1.42. The van der Waals surface area contributed by atoms with Gasteiger partial charge in [0, 0.05) is 0 Å². The van der Waals surface area contributed by atoms with Gasteiger partial charge in [-0.15, -0.1) is 6.58 Å². The van der Waals surface area contributed by atoms with Crippen LogP contribution in [0.1, 0.15) is 10.4 Å². The SMILES string of the molecule is C=CCN(c1ccccc1C(=O)O)S(=O)(=O)c1ccccc1. The van der Waals surface area contributed by atoms with Gasteiger partial charge in [-0.1, -0.05) is 36.4 Å². The van der Waals surface area contributed by atoms with E-state index in [9.17, 15) is 18.3 Å². The van der Waals surface area contributed by atoms with Gasteiger partial charge in [0.1, 0.15) is 0 Å². The van der Waals surface area contributed by atoms with Crippen molar-refractivity contribution in [3.8, 4) is 0 Å². The molecule has 0 aromatic heterocycles. The van der Waals surface area contributed by atoms with Crippen molar-refractivity contribution >= 4 is 21.7 Å². The second-order valence-corrected chi connectivity index (χ2v) is 6.32. The number of carboxylic acid groups (broad SMARTS) is 1. The molecule has 1 N–H and O–H groups in total. The molecular formula is C16H15NO4S. The number of carbonyl (C=O) groups is 1. The highest BCUT2D eigenvalue weighted by Gasteiger charge is 2.27. The lowest BCUT2D eigenvalue weighted by molar-refractivity contribution is 0.0698. The Morgan fingerprint density at radius 1 is 1.09 bits per heavy atom. The number of hydrogen-bond acceptors (Lipinski definition) is 3. The summed E-state index contributed by atoms with van der Waals surface area (Å²) in [7, 11) is -3.87. The van der Waals surface area contributed by atoms with Crippen LogP contribution < -0.4 is 4.31 Å². The van der Waals surface area contributed by atoms with Gasteiger partial charge in [-0.3, -0.25) is 4.31 Å². The Labute approximate surface area is 129 Å². The molecule has 0 spiro atoms. The van der Waals surface area contributed by atoms with Crippen LogP contribution in [0.25, 0.3) is 0 Å². The van der Waals surface area contributed by atoms with E-state index in [0.29, 0.717) is 0 Å². The highest BCUT2D eigenvalue weighted by molar-refractivity contribution is 7.92. The lowest BCUT2D eigenvalue weighted by atomic mass is 10.2. The second-order valence-electron chi connectivity index (χ2n) is 4.46. The molecule has 114 valence electrons. The number of benzene rings is 2. The molecule has 0 amide bonds. The third kappa shape index (κ3) is 3.01. The van der Waals surface area contributed by atoms with Crippen molar-refractivity contribution in [3.63, 3.8) is 0 Å². The zero-order valence-electron chi connectivity index (χ0n) is 11.7. The van der Waals surface area contributed by atoms with E-state index < -0.39 is 16.0 Å². The minimum atomic E-state index is -3.87. The molecule has 0 bridgehead atoms. The van der Waals surface area contributed by atoms with Gasteiger partial charge in [-0.25, -0.2) is 13.2 Å². The van der Waals surface area contributed by atoms with E-state index in [0.717, 1.165) is 4.31 Å². The molecule has 0 aliphatic carbocycles. The summed E-state index contributed by atoms with van der Waals surface area (Å²) in [6, 6.07) is 13.9. The maximum Gasteiger partial charge on any atom is 0.337 e. The van der Waals surface area contributed by atoms with Crippen molar-refractivity contribution in [2.45, 2.75) is 4.90 Å². The van der Waals surface area contributed by atoms with E-state index in [1.165, 1.54) is 30.3 Å². The molecule has 0 radical (unpaired) electrons. The first-order valence-electron chi connectivity index (χ1n) is 6.49. The van der Waals surface area contributed by atoms with E-state index in [1.807, 2.05) is 0 Å². The van der Waals surface area contributed by atoms with Crippen LogP contribution in [0, 0.1) is 0 Å². The van der Waals surface area contributed by atoms with Gasteiger partial charge in [-0.05, 0) is 24.3 Å². The fourth-order valence-corrected chi connectivity index (χ4v) is 3.51. The lowest BCUT2D eigenvalue weighted by Gasteiger charge is -2.24. The van der Waals surface area contributed by atoms with Crippen LogP contribution in [-0.4, -0.2) is 26.0 Å². The predicted octanol–water partition coefficient (Wildman–Crippen LogP) is 2.77. The fourth-order valence-electron chi connectivity index (χ4n) is 2.03. The van der Waals surface area contributed by atoms with E-state index in [4.69, 9.17) is 0 Å². The standard InChI is InChI=1S/C16H15NO4S/c1-2-12-17(15-11-7-6-10-14(15)16(18)19)22(20,21)13-8-4-3-5-9-13/h2-11H,1,12H2,(H,18,19). The summed E-state index contributed by atoms with van der Waals surface area (Å²) in [5, 5.41) is 9.27. The molecule has 2 aromatic carbocycles. The van der Waals surface area contributed by atoms with E-state index in [2.05, 4.69) is 6.58 Å². The highest BCUT2D eigenvalue weighted by atomic mass is 32.2. The van der Waals surface area contributed by atoms with Gasteiger partial charge in [0.05, 0.1) is 22.7 Å². The normalized spacial score (nSPS) is 10.9. The zero-order valence-corrected chi connectivity index (χ0v) is 12.5. The van der Waals surface area contributed by atoms with Gasteiger partial charge in [0.15, 0.2) is 0 Å². The minimum absolute atomic E-state index is 0.0263. The Balaban J connectivity index is 2.62. The quantitative estimate of drug-likeness (QED) is 0.831. The number of nitrogens with zero attached hydrogens (tertiary/aromatic N) is 1. The number of aromatic carboxylic acids is 1. The Morgan fingerprint density at radius 2 is 1.68 bits per heavy atom. The van der Waals surface area contributed by atoms with Crippen molar-refractivity contribution < 1.29 is 18.3 Å². The van der Waals surface area contributed by atoms with Gasteiger partial charge < -0.3 is 5.11 Å². The molecule has 0 saturated carbocycles. The van der Waals surface area contributed by atoms with Crippen LogP contribution in [0.5, 0.6) is 0 Å². The average Bonchev–Trinajstić information content (AvgIpc) is 2.53. The Hall–Kier alpha value is -2.60. The molecule has 0 fully saturated rings. The Kier molecular flexibility index (Phi) is 4.62. The molecule has 2 rings (SSSR count). The summed E-state index contributed by atoms with van der Waals surface area (Å²) >= 11 is 0. The maximum atomic E-state index is 12.8. The number of anilines is 1. The molecular weight excluding hydrogens is 302 g/mol. The Bertz CT molecular complexity index is 785. The predicted molar refractivity (Wildman–Crippen MR) is 84.6 cm³/mol. The van der Waals surface area contributed by atoms with Gasteiger partial charge in [0.25, 0.3) is 10.0 Å². The van der Waals surface area contributed by atoms with Crippen LogP contribution >= 0.6 is 0 Å². The van der Waals surface area contributed by atoms with E-state index in [-0.39, 0.29) is 22.7 Å². The molecule has 0 saturated heterocycles. The fraction of sp³-hybridized carbons (Fsp3) is 0.0625. The number of hydrogen-bond donors (Lipinski definition) is 1. The van der Waals surface area contributed by atoms with Gasteiger partial charge in [-0.2, -0.15) is 0 Å². The van der Waals surface area contributed by atoms with Crippen LogP contribution in [0.2, 0.25) is 0 Å². The zero-order chi connectivity index (χ0) is 16.2. The first kappa shape index (κ1) is 15.8. The minimum Gasteiger partial charge on any atom is -0.478 e. The monoisotopic (exact) mass is 317 g/mol. The highest BCUT2D eigenvalue weighted by Crippen LogP contribution is 2.27. The van der Waals surface area contributed by atoms with Crippen molar-refractivity contribution in [3.05, 3.63) is 72.8 Å². The van der Waals surface area contributed by atoms with E-state index >= 15 is 0 Å². The smallest absolute Gasteiger partial charge is 0.337 e. The molecule has 0 aliphatic heterocycles. The summed E-state index contributed by atoms with van der Waals surface area (Å²) in [5.41, 5.74) is 0.0302. The maximum absolute atomic E-state index is 12.8. The molecule has 5 nitrogen and oxygen atoms in total. The number of carboxylic acids is 1. The first-order chi connectivity index (χ1) is 10.5. The summed E-state index contributed by atoms with van der Waals surface area (Å²) in [4.78, 5) is 11.4. The number of para-hydroxylation sites is 1. The summed E-state index contributed by atoms with van der Waals surface area (Å²) in [5.74, 6) is -1.19. The van der Waals surface area contributed by atoms with Crippen molar-refractivity contribution in [1.82, 2.24) is 0 Å². The van der Waals surface area contributed by atoms with Crippen LogP contribution in [0.15, 0.2) is 72.1 Å². The largest absolute Gasteiger partial charge is 0.478 e. The topological polar surface area (TPSA) is 74.7 Å². The van der Waals surface area contributed by atoms with Gasteiger partial charge in [0.2, 0.25) is 0 Å².